The van der Waals surface area contributed by atoms with E-state index >= 15 is 0 Å². The molecule has 3 rings (SSSR count). The van der Waals surface area contributed by atoms with Crippen LogP contribution in [0.1, 0.15) is 70.2 Å². The maximum atomic E-state index is 12.9. The number of fused-ring (bicyclic) bond motifs is 1. The summed E-state index contributed by atoms with van der Waals surface area (Å²) in [7, 11) is -0.438. The number of carbonyl (C=O) groups excluding carboxylic acids is 2. The van der Waals surface area contributed by atoms with Crippen LogP contribution in [0, 0.1) is 0 Å². The Kier molecular flexibility index (Phi) is 8.08. The Bertz CT molecular complexity index is 1080. The molecule has 2 amide bonds. The van der Waals surface area contributed by atoms with Crippen LogP contribution in [0.2, 0.25) is 0 Å². The summed E-state index contributed by atoms with van der Waals surface area (Å²) in [6, 6.07) is 5.92. The molecule has 1 heterocycles. The van der Waals surface area contributed by atoms with Gasteiger partial charge in [-0.2, -0.15) is 0 Å². The molecule has 0 saturated heterocycles. The molecule has 2 N–H and O–H groups in total. The number of thiophene rings is 1. The fraction of sp³-hybridized carbons (Fsp3) is 0.478. The SMILES string of the molecule is CCCCN(C)S(=O)(=O)c1ccc(C(=O)Nc2sc3c(c2C(=O)NC)CCCCC3)cc1. The molecule has 1 aliphatic rings. The first-order valence-electron chi connectivity index (χ1n) is 11.0. The van der Waals surface area contributed by atoms with Crippen LogP contribution < -0.4 is 10.6 Å². The van der Waals surface area contributed by atoms with Crippen LogP contribution in [0.25, 0.3) is 0 Å². The van der Waals surface area contributed by atoms with Gasteiger partial charge >= 0.3 is 0 Å². The molecule has 1 aliphatic carbocycles. The van der Waals surface area contributed by atoms with Gasteiger partial charge in [-0.15, -0.1) is 11.3 Å². The van der Waals surface area contributed by atoms with E-state index < -0.39 is 10.0 Å². The molecule has 2 aromatic rings. The van der Waals surface area contributed by atoms with Crippen molar-refractivity contribution < 1.29 is 18.0 Å². The molecule has 0 radical (unpaired) electrons. The number of nitrogens with one attached hydrogen (secondary N) is 2. The summed E-state index contributed by atoms with van der Waals surface area (Å²) >= 11 is 1.47. The first-order valence-corrected chi connectivity index (χ1v) is 13.3. The Morgan fingerprint density at radius 1 is 1.06 bits per heavy atom. The molecule has 32 heavy (non-hydrogen) atoms. The van der Waals surface area contributed by atoms with E-state index in [9.17, 15) is 18.0 Å². The maximum Gasteiger partial charge on any atom is 0.256 e. The smallest absolute Gasteiger partial charge is 0.256 e. The van der Waals surface area contributed by atoms with Gasteiger partial charge in [-0.05, 0) is 61.9 Å². The molecule has 0 atom stereocenters. The van der Waals surface area contributed by atoms with E-state index in [2.05, 4.69) is 10.6 Å². The van der Waals surface area contributed by atoms with Crippen molar-refractivity contribution in [2.75, 3.05) is 26.0 Å². The van der Waals surface area contributed by atoms with Gasteiger partial charge in [0.05, 0.1) is 10.5 Å². The lowest BCUT2D eigenvalue weighted by atomic mass is 10.0. The number of anilines is 1. The van der Waals surface area contributed by atoms with E-state index in [0.29, 0.717) is 22.7 Å². The summed E-state index contributed by atoms with van der Waals surface area (Å²) in [5, 5.41) is 6.13. The summed E-state index contributed by atoms with van der Waals surface area (Å²) in [4.78, 5) is 26.8. The van der Waals surface area contributed by atoms with Crippen molar-refractivity contribution in [3.05, 3.63) is 45.8 Å². The highest BCUT2D eigenvalue weighted by Gasteiger charge is 2.26. The summed E-state index contributed by atoms with van der Waals surface area (Å²) < 4.78 is 26.7. The second kappa shape index (κ2) is 10.6. The number of unbranched alkanes of at least 4 members (excludes halogenated alkanes) is 1. The Morgan fingerprint density at radius 3 is 2.41 bits per heavy atom. The molecular weight excluding hydrogens is 446 g/mol. The topological polar surface area (TPSA) is 95.6 Å². The summed E-state index contributed by atoms with van der Waals surface area (Å²) in [6.45, 7) is 2.46. The largest absolute Gasteiger partial charge is 0.355 e. The number of hydrogen-bond donors (Lipinski definition) is 2. The monoisotopic (exact) mass is 477 g/mol. The van der Waals surface area contributed by atoms with Gasteiger partial charge in [0, 0.05) is 31.1 Å². The second-order valence-electron chi connectivity index (χ2n) is 8.01. The second-order valence-corrected chi connectivity index (χ2v) is 11.2. The van der Waals surface area contributed by atoms with Crippen molar-refractivity contribution in [1.82, 2.24) is 9.62 Å². The molecule has 0 spiro atoms. The highest BCUT2D eigenvalue weighted by atomic mass is 32.2. The predicted octanol–water partition coefficient (Wildman–Crippen LogP) is 4.05. The number of carbonyl (C=O) groups is 2. The van der Waals surface area contributed by atoms with Crippen LogP contribution >= 0.6 is 11.3 Å². The minimum absolute atomic E-state index is 0.154. The van der Waals surface area contributed by atoms with E-state index in [1.807, 2.05) is 6.92 Å². The molecule has 174 valence electrons. The zero-order valence-corrected chi connectivity index (χ0v) is 20.5. The lowest BCUT2D eigenvalue weighted by Crippen LogP contribution is -2.28. The predicted molar refractivity (Wildman–Crippen MR) is 128 cm³/mol. The van der Waals surface area contributed by atoms with Crippen molar-refractivity contribution in [3.8, 4) is 0 Å². The van der Waals surface area contributed by atoms with Crippen molar-refractivity contribution in [3.63, 3.8) is 0 Å². The number of nitrogens with zero attached hydrogens (tertiary/aromatic N) is 1. The van der Waals surface area contributed by atoms with Gasteiger partial charge < -0.3 is 10.6 Å². The number of sulfonamides is 1. The van der Waals surface area contributed by atoms with Crippen LogP contribution in [0.3, 0.4) is 0 Å². The third-order valence-electron chi connectivity index (χ3n) is 5.75. The highest BCUT2D eigenvalue weighted by molar-refractivity contribution is 7.89. The van der Waals surface area contributed by atoms with Crippen LogP contribution in [0.4, 0.5) is 5.00 Å². The minimum Gasteiger partial charge on any atom is -0.355 e. The molecule has 9 heteroatoms. The zero-order valence-electron chi connectivity index (χ0n) is 18.9. The molecule has 1 aromatic heterocycles. The van der Waals surface area contributed by atoms with Crippen LogP contribution in [0.5, 0.6) is 0 Å². The van der Waals surface area contributed by atoms with E-state index in [-0.39, 0.29) is 16.7 Å². The van der Waals surface area contributed by atoms with Gasteiger partial charge in [-0.1, -0.05) is 19.8 Å². The van der Waals surface area contributed by atoms with Crippen molar-refractivity contribution in [2.45, 2.75) is 56.8 Å². The third kappa shape index (κ3) is 5.22. The highest BCUT2D eigenvalue weighted by Crippen LogP contribution is 2.37. The number of hydrogen-bond acceptors (Lipinski definition) is 5. The summed E-state index contributed by atoms with van der Waals surface area (Å²) in [6.07, 6.45) is 6.69. The quantitative estimate of drug-likeness (QED) is 0.561. The summed E-state index contributed by atoms with van der Waals surface area (Å²) in [5.41, 5.74) is 1.94. The average molecular weight is 478 g/mol. The molecule has 0 fully saturated rings. The first kappa shape index (κ1) is 24.4. The van der Waals surface area contributed by atoms with E-state index in [1.54, 1.807) is 14.1 Å². The Labute approximate surface area is 194 Å². The molecule has 0 aliphatic heterocycles. The molecule has 0 unspecified atom stereocenters. The lowest BCUT2D eigenvalue weighted by molar-refractivity contribution is 0.0963. The molecule has 7 nitrogen and oxygen atoms in total. The van der Waals surface area contributed by atoms with Crippen molar-refractivity contribution in [2.24, 2.45) is 0 Å². The van der Waals surface area contributed by atoms with Gasteiger partial charge in [0.1, 0.15) is 5.00 Å². The Morgan fingerprint density at radius 2 is 1.75 bits per heavy atom. The van der Waals surface area contributed by atoms with E-state index in [4.69, 9.17) is 0 Å². The van der Waals surface area contributed by atoms with Gasteiger partial charge in [0.2, 0.25) is 10.0 Å². The lowest BCUT2D eigenvalue weighted by Gasteiger charge is -2.17. The van der Waals surface area contributed by atoms with Gasteiger partial charge in [0.25, 0.3) is 11.8 Å². The van der Waals surface area contributed by atoms with Gasteiger partial charge in [0.15, 0.2) is 0 Å². The molecule has 0 saturated carbocycles. The number of benzene rings is 1. The minimum atomic E-state index is -3.59. The molecule has 1 aromatic carbocycles. The number of amides is 2. The standard InChI is InChI=1S/C23H31N3O4S2/c1-4-5-15-26(3)32(29,30)17-13-11-16(12-14-17)21(27)25-23-20(22(28)24-2)18-9-7-6-8-10-19(18)31-23/h11-14H,4-10,15H2,1-3H3,(H,24,28)(H,25,27). The fourth-order valence-corrected chi connectivity index (χ4v) is 6.32. The van der Waals surface area contributed by atoms with Crippen LogP contribution in [0.15, 0.2) is 29.2 Å². The first-order chi connectivity index (χ1) is 15.3. The van der Waals surface area contributed by atoms with E-state index in [0.717, 1.165) is 55.4 Å². The Hall–Kier alpha value is -2.23. The maximum absolute atomic E-state index is 12.9. The zero-order chi connectivity index (χ0) is 23.3. The normalized spacial score (nSPS) is 14.0. The third-order valence-corrected chi connectivity index (χ3v) is 8.83. The van der Waals surface area contributed by atoms with Gasteiger partial charge in [-0.3, -0.25) is 9.59 Å². The Balaban J connectivity index is 1.82. The van der Waals surface area contributed by atoms with Gasteiger partial charge in [-0.25, -0.2) is 12.7 Å². The molecular formula is C23H31N3O4S2. The molecule has 0 bridgehead atoms. The van der Waals surface area contributed by atoms with Crippen LogP contribution in [-0.2, 0) is 22.9 Å². The van der Waals surface area contributed by atoms with Crippen LogP contribution in [-0.4, -0.2) is 45.2 Å². The van der Waals surface area contributed by atoms with Crippen molar-refractivity contribution in [1.29, 1.82) is 0 Å². The number of aryl methyl sites for hydroxylation is 1. The average Bonchev–Trinajstić information content (AvgIpc) is 2.96. The van der Waals surface area contributed by atoms with E-state index in [1.165, 1.54) is 39.9 Å². The number of rotatable bonds is 8. The fourth-order valence-electron chi connectivity index (χ4n) is 3.83. The summed E-state index contributed by atoms with van der Waals surface area (Å²) in [5.74, 6) is -0.564. The van der Waals surface area contributed by atoms with Crippen molar-refractivity contribution >= 4 is 38.2 Å².